The first-order valence-corrected chi connectivity index (χ1v) is 1.99. The minimum absolute atomic E-state index is 1.19. The molecule has 0 heterocycles. The first-order valence-electron chi connectivity index (χ1n) is 1.49. The van der Waals surface area contributed by atoms with Crippen LogP contribution in [0.1, 0.15) is 0 Å². The van der Waals surface area contributed by atoms with Crippen LogP contribution in [0.2, 0.25) is 0 Å². The molecule has 0 nitrogen and oxygen atoms in total. The summed E-state index contributed by atoms with van der Waals surface area (Å²) in [6.45, 7) is 0. The SMILES string of the molecule is [Si]C1=CC=C1. The first kappa shape index (κ1) is 2.91. The molecule has 0 amide bonds. The largest absolute Gasteiger partial charge is 0.0711 e. The Balaban J connectivity index is 2.60. The van der Waals surface area contributed by atoms with Gasteiger partial charge in [-0.15, -0.1) is 0 Å². The minimum Gasteiger partial charge on any atom is -0.0674 e. The lowest BCUT2D eigenvalue weighted by Gasteiger charge is -1.92. The molecule has 0 aliphatic heterocycles. The van der Waals surface area contributed by atoms with Gasteiger partial charge < -0.3 is 0 Å². The Morgan fingerprint density at radius 1 is 1.60 bits per heavy atom. The van der Waals surface area contributed by atoms with Gasteiger partial charge in [-0.2, -0.15) is 0 Å². The van der Waals surface area contributed by atoms with Crippen LogP contribution in [0.15, 0.2) is 23.4 Å². The second kappa shape index (κ2) is 0.828. The first-order chi connectivity index (χ1) is 2.39. The van der Waals surface area contributed by atoms with Gasteiger partial charge in [0.15, 0.2) is 0 Å². The molecule has 0 spiro atoms. The highest BCUT2D eigenvalue weighted by molar-refractivity contribution is 6.24. The molecular weight excluding hydrogens is 76.1 g/mol. The molecule has 0 fully saturated rings. The quantitative estimate of drug-likeness (QED) is 0.373. The Morgan fingerprint density at radius 2 is 2.00 bits per heavy atom. The van der Waals surface area contributed by atoms with Gasteiger partial charge in [0, 0.05) is 0 Å². The summed E-state index contributed by atoms with van der Waals surface area (Å²) in [7, 11) is 3.28. The van der Waals surface area contributed by atoms with Gasteiger partial charge in [0.05, 0.1) is 10.2 Å². The van der Waals surface area contributed by atoms with E-state index < -0.39 is 0 Å². The predicted octanol–water partition coefficient (Wildman–Crippen LogP) is 0.609. The number of hydrogen-bond acceptors (Lipinski definition) is 0. The Hall–Kier alpha value is -0.303. The highest BCUT2D eigenvalue weighted by Gasteiger charge is 1.82. The predicted molar refractivity (Wildman–Crippen MR) is 23.0 cm³/mol. The van der Waals surface area contributed by atoms with E-state index in [1.54, 1.807) is 0 Å². The van der Waals surface area contributed by atoms with Crippen molar-refractivity contribution >= 4 is 10.2 Å². The molecule has 0 aromatic rings. The molecule has 0 N–H and O–H groups in total. The normalized spacial score (nSPS) is 17.4. The van der Waals surface area contributed by atoms with Gasteiger partial charge in [-0.3, -0.25) is 0 Å². The van der Waals surface area contributed by atoms with E-state index in [9.17, 15) is 0 Å². The maximum Gasteiger partial charge on any atom is 0.0711 e. The van der Waals surface area contributed by atoms with Crippen molar-refractivity contribution in [2.75, 3.05) is 0 Å². The summed E-state index contributed by atoms with van der Waals surface area (Å²) in [6, 6.07) is 0. The molecule has 3 radical (unpaired) electrons. The lowest BCUT2D eigenvalue weighted by molar-refractivity contribution is 1.74. The minimum atomic E-state index is 1.19. The van der Waals surface area contributed by atoms with Gasteiger partial charge in [0.2, 0.25) is 0 Å². The third-order valence-electron chi connectivity index (χ3n) is 0.552. The smallest absolute Gasteiger partial charge is 0.0674 e. The molecule has 1 heteroatoms. The van der Waals surface area contributed by atoms with Crippen molar-refractivity contribution in [1.29, 1.82) is 0 Å². The van der Waals surface area contributed by atoms with Crippen molar-refractivity contribution in [3.63, 3.8) is 0 Å². The van der Waals surface area contributed by atoms with Gasteiger partial charge in [-0.05, 0) is 0 Å². The van der Waals surface area contributed by atoms with Crippen molar-refractivity contribution in [3.8, 4) is 0 Å². The summed E-state index contributed by atoms with van der Waals surface area (Å²) in [5.41, 5.74) is 0. The number of allylic oxidation sites excluding steroid dienone is 4. The highest BCUT2D eigenvalue weighted by atomic mass is 28.1. The third kappa shape index (κ3) is 0.328. The Morgan fingerprint density at radius 3 is 2.00 bits per heavy atom. The van der Waals surface area contributed by atoms with Crippen molar-refractivity contribution in [1.82, 2.24) is 0 Å². The summed E-state index contributed by atoms with van der Waals surface area (Å²) in [5.74, 6) is 0. The molecule has 0 saturated carbocycles. The van der Waals surface area contributed by atoms with Crippen LogP contribution in [0, 0.1) is 0 Å². The average Bonchev–Trinajstić information content (AvgIpc) is 1.30. The van der Waals surface area contributed by atoms with Crippen LogP contribution in [0.3, 0.4) is 0 Å². The van der Waals surface area contributed by atoms with Gasteiger partial charge in [0.25, 0.3) is 0 Å². The van der Waals surface area contributed by atoms with Crippen LogP contribution in [0.5, 0.6) is 0 Å². The molecule has 1 aliphatic rings. The Labute approximate surface area is 34.6 Å². The zero-order valence-corrected chi connectivity index (χ0v) is 3.73. The monoisotopic (exact) mass is 79.0 g/mol. The fourth-order valence-electron chi connectivity index (χ4n) is 0.192. The van der Waals surface area contributed by atoms with E-state index in [0.717, 1.165) is 0 Å². The second-order valence-electron chi connectivity index (χ2n) is 0.981. The van der Waals surface area contributed by atoms with Crippen molar-refractivity contribution in [3.05, 3.63) is 23.4 Å². The van der Waals surface area contributed by atoms with Crippen LogP contribution in [0.4, 0.5) is 0 Å². The van der Waals surface area contributed by atoms with Crippen LogP contribution < -0.4 is 0 Å². The van der Waals surface area contributed by atoms with E-state index in [4.69, 9.17) is 0 Å². The molecule has 23 valence electrons. The second-order valence-corrected chi connectivity index (χ2v) is 1.56. The molecule has 5 heavy (non-hydrogen) atoms. The lowest BCUT2D eigenvalue weighted by Crippen LogP contribution is -1.78. The zero-order chi connectivity index (χ0) is 3.70. The molecule has 0 unspecified atom stereocenters. The highest BCUT2D eigenvalue weighted by Crippen LogP contribution is 1.99. The molecule has 0 bridgehead atoms. The molecule has 0 aromatic carbocycles. The van der Waals surface area contributed by atoms with E-state index in [0.29, 0.717) is 0 Å². The maximum absolute atomic E-state index is 3.28. The Kier molecular flexibility index (Phi) is 0.482. The molecule has 0 atom stereocenters. The molecular formula is C4H3Si. The zero-order valence-electron chi connectivity index (χ0n) is 2.73. The topological polar surface area (TPSA) is 0 Å². The molecule has 0 aromatic heterocycles. The van der Waals surface area contributed by atoms with Gasteiger partial charge in [-0.1, -0.05) is 23.4 Å². The number of hydrogen-bond donors (Lipinski definition) is 0. The standard InChI is InChI=1S/C4H3Si/c5-4-2-1-3-4/h1-3H. The van der Waals surface area contributed by atoms with Crippen LogP contribution >= 0.6 is 0 Å². The van der Waals surface area contributed by atoms with E-state index >= 15 is 0 Å². The summed E-state index contributed by atoms with van der Waals surface area (Å²) >= 11 is 0. The van der Waals surface area contributed by atoms with Crippen LogP contribution in [-0.2, 0) is 0 Å². The van der Waals surface area contributed by atoms with Crippen LogP contribution in [0.25, 0.3) is 0 Å². The fraction of sp³-hybridized carbons (Fsp3) is 0. The Bertz CT molecular complexity index is 89.8. The maximum atomic E-state index is 3.28. The van der Waals surface area contributed by atoms with Crippen molar-refractivity contribution < 1.29 is 0 Å². The molecule has 1 rings (SSSR count). The summed E-state index contributed by atoms with van der Waals surface area (Å²) < 4.78 is 0. The summed E-state index contributed by atoms with van der Waals surface area (Å²) in [6.07, 6.45) is 5.98. The number of rotatable bonds is 0. The van der Waals surface area contributed by atoms with Gasteiger partial charge in [0.1, 0.15) is 0 Å². The van der Waals surface area contributed by atoms with Gasteiger partial charge in [-0.25, -0.2) is 0 Å². The molecule has 0 saturated heterocycles. The van der Waals surface area contributed by atoms with Gasteiger partial charge >= 0.3 is 0 Å². The van der Waals surface area contributed by atoms with Crippen molar-refractivity contribution in [2.45, 2.75) is 0 Å². The fourth-order valence-corrected chi connectivity index (χ4v) is 0.385. The summed E-state index contributed by atoms with van der Waals surface area (Å²) in [4.78, 5) is 0. The van der Waals surface area contributed by atoms with Crippen molar-refractivity contribution in [2.24, 2.45) is 0 Å². The summed E-state index contributed by atoms with van der Waals surface area (Å²) in [5, 5.41) is 1.19. The molecule has 1 aliphatic carbocycles. The van der Waals surface area contributed by atoms with E-state index in [1.807, 2.05) is 18.2 Å². The van der Waals surface area contributed by atoms with Crippen LogP contribution in [-0.4, -0.2) is 10.2 Å². The van der Waals surface area contributed by atoms with E-state index in [1.165, 1.54) is 5.20 Å². The average molecular weight is 79.2 g/mol. The van der Waals surface area contributed by atoms with E-state index in [-0.39, 0.29) is 0 Å². The lowest BCUT2D eigenvalue weighted by atomic mass is 10.3. The van der Waals surface area contributed by atoms with E-state index in [2.05, 4.69) is 10.2 Å². The third-order valence-corrected chi connectivity index (χ3v) is 0.885.